The summed E-state index contributed by atoms with van der Waals surface area (Å²) in [5, 5.41) is 0. The summed E-state index contributed by atoms with van der Waals surface area (Å²) in [6.07, 6.45) is 4.69. The van der Waals surface area contributed by atoms with Crippen molar-refractivity contribution in [3.63, 3.8) is 0 Å². The smallest absolute Gasteiger partial charge is 0.226 e. The number of para-hydroxylation sites is 1. The van der Waals surface area contributed by atoms with Crippen molar-refractivity contribution in [3.8, 4) is 5.75 Å². The van der Waals surface area contributed by atoms with Gasteiger partial charge in [-0.05, 0) is 49.7 Å². The van der Waals surface area contributed by atoms with Crippen molar-refractivity contribution < 1.29 is 14.3 Å². The van der Waals surface area contributed by atoms with Crippen LogP contribution in [0.15, 0.2) is 24.3 Å². The molecule has 4 heteroatoms. The van der Waals surface area contributed by atoms with E-state index in [1.54, 1.807) is 0 Å². The Bertz CT molecular complexity index is 744. The highest BCUT2D eigenvalue weighted by Gasteiger charge is 2.71. The summed E-state index contributed by atoms with van der Waals surface area (Å²) in [6, 6.07) is 7.55. The first-order valence-electron chi connectivity index (χ1n) is 9.69. The molecule has 5 atom stereocenters. The third kappa shape index (κ3) is 2.26. The lowest BCUT2D eigenvalue weighted by Crippen LogP contribution is -2.46. The van der Waals surface area contributed by atoms with Gasteiger partial charge in [0.15, 0.2) is 5.78 Å². The van der Waals surface area contributed by atoms with E-state index in [9.17, 15) is 9.59 Å². The second-order valence-electron chi connectivity index (χ2n) is 8.55. The number of ketones is 1. The Morgan fingerprint density at radius 1 is 1.28 bits per heavy atom. The van der Waals surface area contributed by atoms with Crippen LogP contribution in [0.25, 0.3) is 0 Å². The van der Waals surface area contributed by atoms with E-state index in [1.165, 1.54) is 6.42 Å². The molecule has 4 nitrogen and oxygen atoms in total. The van der Waals surface area contributed by atoms with Crippen LogP contribution in [0.1, 0.15) is 49.4 Å². The third-order valence-electron chi connectivity index (χ3n) is 6.89. The quantitative estimate of drug-likeness (QED) is 0.789. The van der Waals surface area contributed by atoms with Gasteiger partial charge in [-0.25, -0.2) is 0 Å². The van der Waals surface area contributed by atoms with Crippen LogP contribution in [-0.4, -0.2) is 35.3 Å². The molecule has 0 bridgehead atoms. The molecule has 0 unspecified atom stereocenters. The largest absolute Gasteiger partial charge is 0.486 e. The van der Waals surface area contributed by atoms with Crippen molar-refractivity contribution in [2.24, 2.45) is 23.7 Å². The number of amides is 1. The van der Waals surface area contributed by atoms with E-state index in [0.717, 1.165) is 32.4 Å². The molecule has 0 aromatic heterocycles. The number of rotatable bonds is 1. The SMILES string of the molecule is C[C@H]1CCCN(C(=O)[C@H]2[C@H]3CC[C@@]4(CC(=O)c5ccccc5O4)[C@@H]32)C1. The number of carbonyl (C=O) groups excluding carboxylic acids is 2. The fourth-order valence-electron chi connectivity index (χ4n) is 5.70. The molecule has 25 heavy (non-hydrogen) atoms. The summed E-state index contributed by atoms with van der Waals surface area (Å²) in [5.74, 6) is 2.53. The summed E-state index contributed by atoms with van der Waals surface area (Å²) < 4.78 is 6.40. The van der Waals surface area contributed by atoms with Gasteiger partial charge in [0.25, 0.3) is 0 Å². The summed E-state index contributed by atoms with van der Waals surface area (Å²) >= 11 is 0. The van der Waals surface area contributed by atoms with Crippen LogP contribution in [0.2, 0.25) is 0 Å². The standard InChI is InChI=1S/C21H25NO3/c1-13-5-4-10-22(12-13)20(24)18-15-8-9-21(19(15)18)11-16(23)14-6-2-3-7-17(14)25-21/h2-3,6-7,13,15,18-19H,4-5,8-12H2,1H3/t13-,15+,18-,19-,21+/m0/s1. The van der Waals surface area contributed by atoms with Crippen LogP contribution in [0, 0.1) is 23.7 Å². The number of ether oxygens (including phenoxy) is 1. The van der Waals surface area contributed by atoms with Gasteiger partial charge in [-0.15, -0.1) is 0 Å². The molecule has 1 amide bonds. The lowest BCUT2D eigenvalue weighted by molar-refractivity contribution is -0.136. The van der Waals surface area contributed by atoms with E-state index in [4.69, 9.17) is 4.74 Å². The van der Waals surface area contributed by atoms with E-state index < -0.39 is 5.60 Å². The lowest BCUT2D eigenvalue weighted by Gasteiger charge is -2.38. The van der Waals surface area contributed by atoms with Crippen molar-refractivity contribution in [2.45, 2.75) is 44.6 Å². The second-order valence-corrected chi connectivity index (χ2v) is 8.55. The third-order valence-corrected chi connectivity index (χ3v) is 6.89. The maximum absolute atomic E-state index is 13.1. The molecular weight excluding hydrogens is 314 g/mol. The molecule has 1 aromatic rings. The minimum atomic E-state index is -0.433. The Kier molecular flexibility index (Phi) is 3.28. The molecule has 0 N–H and O–H groups in total. The highest BCUT2D eigenvalue weighted by atomic mass is 16.5. The summed E-state index contributed by atoms with van der Waals surface area (Å²) in [7, 11) is 0. The molecule has 0 radical (unpaired) electrons. The number of fused-ring (bicyclic) bond motifs is 3. The fraction of sp³-hybridized carbons (Fsp3) is 0.619. The van der Waals surface area contributed by atoms with Crippen LogP contribution < -0.4 is 4.74 Å². The molecule has 1 spiro atoms. The molecule has 1 aromatic carbocycles. The van der Waals surface area contributed by atoms with Crippen molar-refractivity contribution in [1.29, 1.82) is 0 Å². The van der Waals surface area contributed by atoms with Gasteiger partial charge in [-0.1, -0.05) is 19.1 Å². The van der Waals surface area contributed by atoms with E-state index >= 15 is 0 Å². The maximum Gasteiger partial charge on any atom is 0.226 e. The van der Waals surface area contributed by atoms with E-state index in [0.29, 0.717) is 35.5 Å². The number of benzene rings is 1. The molecule has 1 saturated heterocycles. The maximum atomic E-state index is 13.1. The second kappa shape index (κ2) is 5.33. The van der Waals surface area contributed by atoms with Crippen LogP contribution in [0.4, 0.5) is 0 Å². The van der Waals surface area contributed by atoms with Crippen molar-refractivity contribution in [2.75, 3.05) is 13.1 Å². The van der Waals surface area contributed by atoms with Gasteiger partial charge >= 0.3 is 0 Å². The molecule has 2 saturated carbocycles. The van der Waals surface area contributed by atoms with Gasteiger partial charge < -0.3 is 9.64 Å². The summed E-state index contributed by atoms with van der Waals surface area (Å²) in [6.45, 7) is 4.02. The number of piperidine rings is 1. The highest BCUT2D eigenvalue weighted by molar-refractivity contribution is 6.00. The van der Waals surface area contributed by atoms with Gasteiger partial charge in [0.05, 0.1) is 12.0 Å². The first-order valence-corrected chi connectivity index (χ1v) is 9.69. The molecule has 5 rings (SSSR count). The topological polar surface area (TPSA) is 46.6 Å². The van der Waals surface area contributed by atoms with Crippen LogP contribution in [-0.2, 0) is 4.79 Å². The Balaban J connectivity index is 1.38. The highest BCUT2D eigenvalue weighted by Crippen LogP contribution is 2.66. The van der Waals surface area contributed by atoms with Crippen molar-refractivity contribution in [3.05, 3.63) is 29.8 Å². The summed E-state index contributed by atoms with van der Waals surface area (Å²) in [4.78, 5) is 27.8. The fourth-order valence-corrected chi connectivity index (χ4v) is 5.70. The van der Waals surface area contributed by atoms with Crippen LogP contribution in [0.5, 0.6) is 5.75 Å². The Morgan fingerprint density at radius 3 is 2.96 bits per heavy atom. The molecule has 132 valence electrons. The number of likely N-dealkylation sites (tertiary alicyclic amines) is 1. The van der Waals surface area contributed by atoms with Crippen LogP contribution in [0.3, 0.4) is 0 Å². The first kappa shape index (κ1) is 15.4. The number of hydrogen-bond donors (Lipinski definition) is 0. The minimum Gasteiger partial charge on any atom is -0.486 e. The normalized spacial score (nSPS) is 38.9. The number of hydrogen-bond acceptors (Lipinski definition) is 3. The average molecular weight is 339 g/mol. The zero-order chi connectivity index (χ0) is 17.2. The predicted molar refractivity (Wildman–Crippen MR) is 93.4 cm³/mol. The number of nitrogens with zero attached hydrogens (tertiary/aromatic N) is 1. The average Bonchev–Trinajstić information content (AvgIpc) is 3.25. The zero-order valence-electron chi connectivity index (χ0n) is 14.7. The Labute approximate surface area is 148 Å². The molecule has 2 heterocycles. The monoisotopic (exact) mass is 339 g/mol. The molecule has 2 aliphatic heterocycles. The van der Waals surface area contributed by atoms with E-state index in [-0.39, 0.29) is 17.6 Å². The van der Waals surface area contributed by atoms with Gasteiger partial charge in [-0.2, -0.15) is 0 Å². The van der Waals surface area contributed by atoms with E-state index in [2.05, 4.69) is 11.8 Å². The van der Waals surface area contributed by atoms with Crippen LogP contribution >= 0.6 is 0 Å². The van der Waals surface area contributed by atoms with Gasteiger partial charge in [0, 0.05) is 24.9 Å². The predicted octanol–water partition coefficient (Wildman–Crippen LogP) is 3.31. The summed E-state index contributed by atoms with van der Waals surface area (Å²) in [5.41, 5.74) is 0.266. The number of Topliss-reactive ketones (excluding diaryl/α,β-unsaturated/α-hetero) is 1. The Morgan fingerprint density at radius 2 is 2.12 bits per heavy atom. The lowest BCUT2D eigenvalue weighted by atomic mass is 9.84. The Hall–Kier alpha value is -1.84. The molecule has 2 aliphatic carbocycles. The van der Waals surface area contributed by atoms with Gasteiger partial charge in [-0.3, -0.25) is 9.59 Å². The van der Waals surface area contributed by atoms with Crippen molar-refractivity contribution >= 4 is 11.7 Å². The van der Waals surface area contributed by atoms with Gasteiger partial charge in [0.2, 0.25) is 5.91 Å². The van der Waals surface area contributed by atoms with Crippen molar-refractivity contribution in [1.82, 2.24) is 4.90 Å². The molecule has 4 aliphatic rings. The zero-order valence-corrected chi connectivity index (χ0v) is 14.7. The molecule has 3 fully saturated rings. The number of carbonyl (C=O) groups is 2. The minimum absolute atomic E-state index is 0.0807. The van der Waals surface area contributed by atoms with Gasteiger partial charge in [0.1, 0.15) is 11.4 Å². The van der Waals surface area contributed by atoms with E-state index in [1.807, 2.05) is 24.3 Å². The first-order chi connectivity index (χ1) is 12.1. The molecular formula is C21H25NO3.